The van der Waals surface area contributed by atoms with E-state index in [9.17, 15) is 9.18 Å². The number of likely N-dealkylation sites (N-methyl/N-ethyl adjacent to an activating group) is 1. The van der Waals surface area contributed by atoms with Gasteiger partial charge in [0, 0.05) is 23.1 Å². The normalized spacial score (nSPS) is 11.5. The molecule has 0 unspecified atom stereocenters. The molecule has 0 aliphatic heterocycles. The van der Waals surface area contributed by atoms with Gasteiger partial charge in [-0.3, -0.25) is 4.79 Å². The Kier molecular flexibility index (Phi) is 8.39. The summed E-state index contributed by atoms with van der Waals surface area (Å²) in [5, 5.41) is 0. The van der Waals surface area contributed by atoms with Crippen LogP contribution in [0.15, 0.2) is 53.0 Å². The second-order valence-electron chi connectivity index (χ2n) is 5.38. The first-order chi connectivity index (χ1) is 11.0. The van der Waals surface area contributed by atoms with Gasteiger partial charge in [-0.25, -0.2) is 4.39 Å². The van der Waals surface area contributed by atoms with E-state index in [-0.39, 0.29) is 30.7 Å². The number of benzene rings is 2. The largest absolute Gasteiger partial charge is 0.337 e. The van der Waals surface area contributed by atoms with E-state index in [2.05, 4.69) is 15.9 Å². The lowest BCUT2D eigenvalue weighted by molar-refractivity contribution is -0.133. The van der Waals surface area contributed by atoms with E-state index >= 15 is 0 Å². The number of hydrogen-bond donors (Lipinski definition) is 1. The molecular weight excluding hydrogens is 395 g/mol. The lowest BCUT2D eigenvalue weighted by atomic mass is 10.1. The third-order valence-corrected chi connectivity index (χ3v) is 4.17. The third kappa shape index (κ3) is 5.58. The van der Waals surface area contributed by atoms with Crippen LogP contribution < -0.4 is 5.73 Å². The topological polar surface area (TPSA) is 46.3 Å². The molecule has 130 valence electrons. The number of nitrogens with two attached hydrogens (primary N) is 1. The van der Waals surface area contributed by atoms with Crippen molar-refractivity contribution in [2.24, 2.45) is 5.73 Å². The molecule has 0 heterocycles. The highest BCUT2D eigenvalue weighted by atomic mass is 79.9. The average molecular weight is 416 g/mol. The van der Waals surface area contributed by atoms with Crippen molar-refractivity contribution in [3.05, 3.63) is 69.9 Å². The van der Waals surface area contributed by atoms with E-state index in [0.717, 1.165) is 10.0 Å². The molecule has 0 aliphatic carbocycles. The van der Waals surface area contributed by atoms with Crippen molar-refractivity contribution in [3.63, 3.8) is 0 Å². The van der Waals surface area contributed by atoms with Crippen LogP contribution in [0.5, 0.6) is 0 Å². The summed E-state index contributed by atoms with van der Waals surface area (Å²) in [5.74, 6) is -0.494. The summed E-state index contributed by atoms with van der Waals surface area (Å²) in [4.78, 5) is 14.1. The summed E-state index contributed by atoms with van der Waals surface area (Å²) >= 11 is 3.32. The summed E-state index contributed by atoms with van der Waals surface area (Å²) < 4.78 is 14.7. The number of hydrogen-bond acceptors (Lipinski definition) is 2. The minimum Gasteiger partial charge on any atom is -0.337 e. The quantitative estimate of drug-likeness (QED) is 0.777. The number of amides is 1. The van der Waals surface area contributed by atoms with Gasteiger partial charge in [-0.2, -0.15) is 0 Å². The Labute approximate surface area is 156 Å². The molecule has 2 N–H and O–H groups in total. The number of carbonyl (C=O) groups excluding carboxylic acids is 1. The number of rotatable bonds is 6. The number of halogens is 3. The summed E-state index contributed by atoms with van der Waals surface area (Å²) in [6.07, 6.45) is 0.469. The Balaban J connectivity index is 0.00000288. The Bertz CT molecular complexity index is 669. The van der Waals surface area contributed by atoms with Gasteiger partial charge in [-0.1, -0.05) is 46.3 Å². The molecule has 3 nitrogen and oxygen atoms in total. The molecule has 6 heteroatoms. The molecule has 24 heavy (non-hydrogen) atoms. The molecule has 2 aromatic rings. The maximum absolute atomic E-state index is 13.9. The first-order valence-corrected chi connectivity index (χ1v) is 8.32. The highest BCUT2D eigenvalue weighted by molar-refractivity contribution is 9.10. The molecule has 2 rings (SSSR count). The van der Waals surface area contributed by atoms with Crippen molar-refractivity contribution in [2.75, 3.05) is 6.54 Å². The van der Waals surface area contributed by atoms with Crippen LogP contribution in [-0.2, 0) is 17.8 Å². The average Bonchev–Trinajstić information content (AvgIpc) is 2.56. The predicted molar refractivity (Wildman–Crippen MR) is 101 cm³/mol. The van der Waals surface area contributed by atoms with Gasteiger partial charge in [0.05, 0.1) is 6.04 Å². The van der Waals surface area contributed by atoms with E-state index in [0.29, 0.717) is 18.5 Å². The molecule has 0 fully saturated rings. The smallest absolute Gasteiger partial charge is 0.240 e. The van der Waals surface area contributed by atoms with Crippen LogP contribution in [0.2, 0.25) is 0 Å². The zero-order valence-corrected chi connectivity index (χ0v) is 15.8. The lowest BCUT2D eigenvalue weighted by Gasteiger charge is -2.25. The summed E-state index contributed by atoms with van der Waals surface area (Å²) in [6.45, 7) is 2.55. The van der Waals surface area contributed by atoms with E-state index < -0.39 is 6.04 Å². The first kappa shape index (κ1) is 20.6. The van der Waals surface area contributed by atoms with E-state index in [4.69, 9.17) is 5.73 Å². The van der Waals surface area contributed by atoms with Crippen molar-refractivity contribution in [2.45, 2.75) is 25.9 Å². The fourth-order valence-electron chi connectivity index (χ4n) is 2.41. The molecule has 0 spiro atoms. The molecule has 0 saturated carbocycles. The van der Waals surface area contributed by atoms with Gasteiger partial charge in [-0.15, -0.1) is 12.4 Å². The molecule has 0 saturated heterocycles. The van der Waals surface area contributed by atoms with Gasteiger partial charge >= 0.3 is 0 Å². The first-order valence-electron chi connectivity index (χ1n) is 7.53. The Morgan fingerprint density at radius 2 is 1.92 bits per heavy atom. The predicted octanol–water partition coefficient (Wildman–Crippen LogP) is 3.93. The third-order valence-electron chi connectivity index (χ3n) is 3.68. The van der Waals surface area contributed by atoms with Crippen LogP contribution in [0.3, 0.4) is 0 Å². The van der Waals surface area contributed by atoms with E-state index in [1.807, 2.05) is 37.3 Å². The summed E-state index contributed by atoms with van der Waals surface area (Å²) in [6, 6.07) is 13.7. The second-order valence-corrected chi connectivity index (χ2v) is 6.30. The van der Waals surface area contributed by atoms with Gasteiger partial charge in [-0.05, 0) is 37.1 Å². The molecule has 0 radical (unpaired) electrons. The maximum atomic E-state index is 13.9. The SMILES string of the molecule is CCN(Cc1cc(Br)ccc1F)C(=O)[C@@H](N)Cc1ccccc1.Cl. The molecule has 1 amide bonds. The summed E-state index contributed by atoms with van der Waals surface area (Å²) in [5.41, 5.74) is 7.54. The molecule has 2 aromatic carbocycles. The molecular formula is C18H21BrClFN2O. The van der Waals surface area contributed by atoms with Crippen molar-refractivity contribution in [1.29, 1.82) is 0 Å². The van der Waals surface area contributed by atoms with Crippen LogP contribution in [-0.4, -0.2) is 23.4 Å². The van der Waals surface area contributed by atoms with Crippen molar-refractivity contribution in [3.8, 4) is 0 Å². The van der Waals surface area contributed by atoms with Crippen molar-refractivity contribution < 1.29 is 9.18 Å². The zero-order valence-electron chi connectivity index (χ0n) is 13.4. The van der Waals surface area contributed by atoms with Gasteiger partial charge in [0.15, 0.2) is 0 Å². The van der Waals surface area contributed by atoms with E-state index in [1.165, 1.54) is 6.07 Å². The zero-order chi connectivity index (χ0) is 16.8. The number of carbonyl (C=O) groups is 1. The van der Waals surface area contributed by atoms with Crippen LogP contribution in [0, 0.1) is 5.82 Å². The Hall–Kier alpha value is -1.43. The minimum atomic E-state index is -0.632. The van der Waals surface area contributed by atoms with Gasteiger partial charge in [0.2, 0.25) is 5.91 Å². The highest BCUT2D eigenvalue weighted by Crippen LogP contribution is 2.18. The fourth-order valence-corrected chi connectivity index (χ4v) is 2.81. The standard InChI is InChI=1S/C18H20BrFN2O.ClH/c1-2-22(12-14-11-15(19)8-9-16(14)20)18(23)17(21)10-13-6-4-3-5-7-13;/h3-9,11,17H,2,10,12,21H2,1H3;1H/t17-;/m0./s1. The van der Waals surface area contributed by atoms with Crippen LogP contribution in [0.4, 0.5) is 4.39 Å². The Morgan fingerprint density at radius 1 is 1.25 bits per heavy atom. The number of nitrogens with zero attached hydrogens (tertiary/aromatic N) is 1. The molecule has 0 aliphatic rings. The van der Waals surface area contributed by atoms with Gasteiger partial charge in [0.1, 0.15) is 5.82 Å². The van der Waals surface area contributed by atoms with Crippen molar-refractivity contribution >= 4 is 34.2 Å². The maximum Gasteiger partial charge on any atom is 0.240 e. The van der Waals surface area contributed by atoms with Crippen LogP contribution in [0.1, 0.15) is 18.1 Å². The van der Waals surface area contributed by atoms with E-state index in [1.54, 1.807) is 17.0 Å². The van der Waals surface area contributed by atoms with Crippen LogP contribution in [0.25, 0.3) is 0 Å². The Morgan fingerprint density at radius 3 is 2.54 bits per heavy atom. The van der Waals surface area contributed by atoms with Gasteiger partial charge in [0.25, 0.3) is 0 Å². The van der Waals surface area contributed by atoms with Crippen molar-refractivity contribution in [1.82, 2.24) is 4.90 Å². The lowest BCUT2D eigenvalue weighted by Crippen LogP contribution is -2.44. The second kappa shape index (κ2) is 9.77. The fraction of sp³-hybridized carbons (Fsp3) is 0.278. The molecule has 1 atom stereocenters. The van der Waals surface area contributed by atoms with Gasteiger partial charge < -0.3 is 10.6 Å². The highest BCUT2D eigenvalue weighted by Gasteiger charge is 2.21. The van der Waals surface area contributed by atoms with Crippen LogP contribution >= 0.6 is 28.3 Å². The molecule has 0 bridgehead atoms. The molecule has 0 aromatic heterocycles. The minimum absolute atomic E-state index is 0. The monoisotopic (exact) mass is 414 g/mol. The summed E-state index contributed by atoms with van der Waals surface area (Å²) in [7, 11) is 0.